The zero-order valence-corrected chi connectivity index (χ0v) is 14.8. The summed E-state index contributed by atoms with van der Waals surface area (Å²) in [5.41, 5.74) is 4.61. The smallest absolute Gasteiger partial charge is 0.374 e. The summed E-state index contributed by atoms with van der Waals surface area (Å²) in [6.45, 7) is 5.41. The standard InChI is InChI=1S/C22H25N2O/c1-2-24-20-8-4-5-9-21(20)25-22(24)15-12-18-10-13-19(14-11-18)23-16-6-3-7-17-23/h4-5,8-15H,2-3,6-7,16-17H2,1H3/q+1. The van der Waals surface area contributed by atoms with E-state index < -0.39 is 0 Å². The first-order valence-electron chi connectivity index (χ1n) is 9.29. The lowest BCUT2D eigenvalue weighted by molar-refractivity contribution is -0.674. The average Bonchev–Trinajstić information content (AvgIpc) is 3.05. The molecular weight excluding hydrogens is 308 g/mol. The van der Waals surface area contributed by atoms with Crippen molar-refractivity contribution >= 4 is 28.9 Å². The third-order valence-corrected chi connectivity index (χ3v) is 4.99. The van der Waals surface area contributed by atoms with Crippen molar-refractivity contribution in [1.29, 1.82) is 0 Å². The van der Waals surface area contributed by atoms with Crippen LogP contribution in [0.25, 0.3) is 23.3 Å². The first-order chi connectivity index (χ1) is 12.3. The normalized spacial score (nSPS) is 15.3. The zero-order chi connectivity index (χ0) is 17.1. The summed E-state index contributed by atoms with van der Waals surface area (Å²) in [6.07, 6.45) is 8.19. The molecular formula is C22H25N2O+. The predicted molar refractivity (Wildman–Crippen MR) is 104 cm³/mol. The van der Waals surface area contributed by atoms with Gasteiger partial charge in [-0.3, -0.25) is 0 Å². The Morgan fingerprint density at radius 2 is 1.72 bits per heavy atom. The van der Waals surface area contributed by atoms with Gasteiger partial charge < -0.3 is 9.32 Å². The molecule has 1 aliphatic rings. The zero-order valence-electron chi connectivity index (χ0n) is 14.8. The fraction of sp³-hybridized carbons (Fsp3) is 0.318. The Hall–Kier alpha value is -2.55. The topological polar surface area (TPSA) is 20.3 Å². The van der Waals surface area contributed by atoms with E-state index >= 15 is 0 Å². The summed E-state index contributed by atoms with van der Waals surface area (Å²) < 4.78 is 8.20. The van der Waals surface area contributed by atoms with Gasteiger partial charge in [-0.1, -0.05) is 24.3 Å². The van der Waals surface area contributed by atoms with Crippen LogP contribution in [-0.4, -0.2) is 13.1 Å². The molecule has 25 heavy (non-hydrogen) atoms. The van der Waals surface area contributed by atoms with Crippen LogP contribution in [0, 0.1) is 0 Å². The molecule has 3 aromatic rings. The summed E-state index contributed by atoms with van der Waals surface area (Å²) in [4.78, 5) is 2.49. The lowest BCUT2D eigenvalue weighted by Gasteiger charge is -2.28. The largest absolute Gasteiger partial charge is 0.398 e. The highest BCUT2D eigenvalue weighted by molar-refractivity contribution is 5.72. The van der Waals surface area contributed by atoms with E-state index in [-0.39, 0.29) is 0 Å². The van der Waals surface area contributed by atoms with Crippen LogP contribution in [0.5, 0.6) is 0 Å². The SMILES string of the molecule is CC[n+]1c(/C=C/c2ccc(N3CCCCC3)cc2)oc2ccccc21. The molecule has 128 valence electrons. The number of para-hydroxylation sites is 2. The van der Waals surface area contributed by atoms with E-state index in [1.165, 1.54) is 43.6 Å². The molecule has 0 spiro atoms. The number of aromatic nitrogens is 1. The molecule has 4 rings (SSSR count). The maximum absolute atomic E-state index is 6.00. The van der Waals surface area contributed by atoms with Crippen LogP contribution in [-0.2, 0) is 6.54 Å². The van der Waals surface area contributed by atoms with Crippen molar-refractivity contribution in [2.24, 2.45) is 0 Å². The third kappa shape index (κ3) is 3.32. The molecule has 0 atom stereocenters. The lowest BCUT2D eigenvalue weighted by atomic mass is 10.1. The Morgan fingerprint density at radius 3 is 2.48 bits per heavy atom. The molecule has 1 aromatic heterocycles. The molecule has 0 saturated carbocycles. The third-order valence-electron chi connectivity index (χ3n) is 4.99. The van der Waals surface area contributed by atoms with Crippen molar-refractivity contribution < 1.29 is 8.98 Å². The Bertz CT molecular complexity index is 871. The van der Waals surface area contributed by atoms with Crippen molar-refractivity contribution in [3.63, 3.8) is 0 Å². The van der Waals surface area contributed by atoms with Crippen LogP contribution in [0.3, 0.4) is 0 Å². The van der Waals surface area contributed by atoms with Gasteiger partial charge in [0.25, 0.3) is 5.52 Å². The van der Waals surface area contributed by atoms with E-state index in [1.54, 1.807) is 0 Å². The van der Waals surface area contributed by atoms with E-state index in [9.17, 15) is 0 Å². The molecule has 2 aromatic carbocycles. The molecule has 1 aliphatic heterocycles. The van der Waals surface area contributed by atoms with Crippen LogP contribution in [0.2, 0.25) is 0 Å². The number of fused-ring (bicyclic) bond motifs is 1. The molecule has 0 amide bonds. The van der Waals surface area contributed by atoms with Gasteiger partial charge in [0.2, 0.25) is 5.58 Å². The minimum Gasteiger partial charge on any atom is -0.398 e. The van der Waals surface area contributed by atoms with Crippen LogP contribution >= 0.6 is 0 Å². The number of anilines is 1. The number of piperidine rings is 1. The molecule has 1 saturated heterocycles. The molecule has 3 nitrogen and oxygen atoms in total. The Morgan fingerprint density at radius 1 is 0.960 bits per heavy atom. The number of hydrogen-bond acceptors (Lipinski definition) is 2. The minimum absolute atomic E-state index is 0.892. The molecule has 0 aliphatic carbocycles. The summed E-state index contributed by atoms with van der Waals surface area (Å²) >= 11 is 0. The van der Waals surface area contributed by atoms with E-state index in [2.05, 4.69) is 64.9 Å². The van der Waals surface area contributed by atoms with E-state index in [4.69, 9.17) is 4.42 Å². The molecule has 3 heteroatoms. The van der Waals surface area contributed by atoms with Gasteiger partial charge in [-0.05, 0) is 56.0 Å². The number of hydrogen-bond donors (Lipinski definition) is 0. The van der Waals surface area contributed by atoms with Gasteiger partial charge in [0.15, 0.2) is 0 Å². The minimum atomic E-state index is 0.892. The fourth-order valence-corrected chi connectivity index (χ4v) is 3.62. The number of oxazole rings is 1. The van der Waals surface area contributed by atoms with Crippen molar-refractivity contribution in [2.75, 3.05) is 18.0 Å². The second-order valence-electron chi connectivity index (χ2n) is 6.62. The van der Waals surface area contributed by atoms with Crippen molar-refractivity contribution in [3.8, 4) is 0 Å². The lowest BCUT2D eigenvalue weighted by Crippen LogP contribution is -2.33. The van der Waals surface area contributed by atoms with Crippen molar-refractivity contribution in [3.05, 3.63) is 60.0 Å². The van der Waals surface area contributed by atoms with Gasteiger partial charge in [0.1, 0.15) is 6.54 Å². The van der Waals surface area contributed by atoms with Crippen LogP contribution in [0.1, 0.15) is 37.6 Å². The average molecular weight is 333 g/mol. The van der Waals surface area contributed by atoms with Crippen LogP contribution in [0.15, 0.2) is 52.9 Å². The van der Waals surface area contributed by atoms with Crippen molar-refractivity contribution in [1.82, 2.24) is 0 Å². The molecule has 2 heterocycles. The second-order valence-corrected chi connectivity index (χ2v) is 6.62. The maximum atomic E-state index is 6.00. The molecule has 0 radical (unpaired) electrons. The molecule has 1 fully saturated rings. The number of nitrogens with zero attached hydrogens (tertiary/aromatic N) is 2. The number of benzene rings is 2. The van der Waals surface area contributed by atoms with Gasteiger partial charge in [-0.2, -0.15) is 4.57 Å². The highest BCUT2D eigenvalue weighted by Crippen LogP contribution is 2.21. The Kier molecular flexibility index (Phi) is 4.55. The van der Waals surface area contributed by atoms with Crippen LogP contribution < -0.4 is 9.47 Å². The Balaban J connectivity index is 1.55. The van der Waals surface area contributed by atoms with Crippen LogP contribution in [0.4, 0.5) is 5.69 Å². The van der Waals surface area contributed by atoms with E-state index in [0.717, 1.165) is 23.5 Å². The molecule has 0 unspecified atom stereocenters. The second kappa shape index (κ2) is 7.14. The Labute approximate surface area is 149 Å². The predicted octanol–water partition coefficient (Wildman–Crippen LogP) is 4.90. The van der Waals surface area contributed by atoms with E-state index in [1.807, 2.05) is 12.1 Å². The first kappa shape index (κ1) is 15.9. The maximum Gasteiger partial charge on any atom is 0.374 e. The van der Waals surface area contributed by atoms with Gasteiger partial charge in [0.05, 0.1) is 6.08 Å². The van der Waals surface area contributed by atoms with Gasteiger partial charge in [0, 0.05) is 24.8 Å². The van der Waals surface area contributed by atoms with Crippen molar-refractivity contribution in [2.45, 2.75) is 32.7 Å². The molecule has 0 N–H and O–H groups in total. The fourth-order valence-electron chi connectivity index (χ4n) is 3.62. The summed E-state index contributed by atoms with van der Waals surface area (Å²) in [5.74, 6) is 0.892. The number of aryl methyl sites for hydroxylation is 1. The first-order valence-corrected chi connectivity index (χ1v) is 9.29. The van der Waals surface area contributed by atoms with Gasteiger partial charge in [-0.15, -0.1) is 0 Å². The monoisotopic (exact) mass is 333 g/mol. The van der Waals surface area contributed by atoms with Gasteiger partial charge >= 0.3 is 5.89 Å². The van der Waals surface area contributed by atoms with Gasteiger partial charge in [-0.25, -0.2) is 0 Å². The number of rotatable bonds is 4. The highest BCUT2D eigenvalue weighted by Gasteiger charge is 2.18. The highest BCUT2D eigenvalue weighted by atomic mass is 16.3. The summed E-state index contributed by atoms with van der Waals surface area (Å²) in [7, 11) is 0. The van der Waals surface area contributed by atoms with E-state index in [0.29, 0.717) is 0 Å². The quantitative estimate of drug-likeness (QED) is 0.633. The summed E-state index contributed by atoms with van der Waals surface area (Å²) in [5, 5.41) is 0. The molecule has 0 bridgehead atoms. The summed E-state index contributed by atoms with van der Waals surface area (Å²) in [6, 6.07) is 17.0.